The van der Waals surface area contributed by atoms with Crippen LogP contribution >= 0.6 is 0 Å². The number of likely N-dealkylation sites (tertiary alicyclic amines) is 1. The van der Waals surface area contributed by atoms with E-state index in [4.69, 9.17) is 4.74 Å². The monoisotopic (exact) mass is 371 g/mol. The summed E-state index contributed by atoms with van der Waals surface area (Å²) in [5, 5.41) is 21.5. The summed E-state index contributed by atoms with van der Waals surface area (Å²) in [6, 6.07) is 11.2. The van der Waals surface area contributed by atoms with Crippen LogP contribution < -0.4 is 4.74 Å². The van der Waals surface area contributed by atoms with Crippen molar-refractivity contribution >= 4 is 17.5 Å². The molecular formula is C18H17N3O6. The zero-order chi connectivity index (χ0) is 19.4. The van der Waals surface area contributed by atoms with Gasteiger partial charge in [-0.25, -0.2) is 4.79 Å². The van der Waals surface area contributed by atoms with Crippen molar-refractivity contribution in [2.45, 2.75) is 25.3 Å². The summed E-state index contributed by atoms with van der Waals surface area (Å²) < 4.78 is 5.36. The normalized spacial score (nSPS) is 16.6. The molecule has 1 amide bonds. The number of rotatable bonds is 4. The van der Waals surface area contributed by atoms with E-state index in [9.17, 15) is 25.0 Å². The Balaban J connectivity index is 1.75. The van der Waals surface area contributed by atoms with Gasteiger partial charge >= 0.3 is 6.09 Å². The highest BCUT2D eigenvalue weighted by molar-refractivity contribution is 5.71. The van der Waals surface area contributed by atoms with E-state index in [0.29, 0.717) is 6.54 Å². The van der Waals surface area contributed by atoms with Gasteiger partial charge in [-0.05, 0) is 37.0 Å². The number of piperidine rings is 1. The van der Waals surface area contributed by atoms with Crippen molar-refractivity contribution in [2.75, 3.05) is 6.54 Å². The Bertz CT molecular complexity index is 850. The Hall–Kier alpha value is -3.49. The number of nitro benzene ring substituents is 2. The fourth-order valence-electron chi connectivity index (χ4n) is 3.11. The Kier molecular flexibility index (Phi) is 5.30. The molecule has 9 heteroatoms. The van der Waals surface area contributed by atoms with E-state index in [1.54, 1.807) is 17.0 Å². The lowest BCUT2D eigenvalue weighted by Gasteiger charge is -2.35. The molecule has 27 heavy (non-hydrogen) atoms. The Morgan fingerprint density at radius 1 is 0.926 bits per heavy atom. The van der Waals surface area contributed by atoms with Crippen molar-refractivity contribution in [3.05, 3.63) is 74.3 Å². The third-order valence-corrected chi connectivity index (χ3v) is 4.48. The van der Waals surface area contributed by atoms with Crippen LogP contribution in [0, 0.1) is 20.2 Å². The van der Waals surface area contributed by atoms with Crippen LogP contribution in [0.3, 0.4) is 0 Å². The summed E-state index contributed by atoms with van der Waals surface area (Å²) in [5.74, 6) is 0.221. The Labute approximate surface area is 154 Å². The molecule has 0 spiro atoms. The molecule has 140 valence electrons. The van der Waals surface area contributed by atoms with Crippen LogP contribution in [0.1, 0.15) is 30.9 Å². The van der Waals surface area contributed by atoms with Crippen molar-refractivity contribution in [3.63, 3.8) is 0 Å². The lowest BCUT2D eigenvalue weighted by molar-refractivity contribution is -0.385. The number of benzene rings is 2. The quantitative estimate of drug-likeness (QED) is 0.586. The fourth-order valence-corrected chi connectivity index (χ4v) is 3.11. The number of nitro groups is 2. The minimum Gasteiger partial charge on any atom is -0.410 e. The summed E-state index contributed by atoms with van der Waals surface area (Å²) in [7, 11) is 0. The maximum absolute atomic E-state index is 12.6. The van der Waals surface area contributed by atoms with Gasteiger partial charge in [-0.3, -0.25) is 20.2 Å². The van der Waals surface area contributed by atoms with Gasteiger partial charge in [0.25, 0.3) is 11.4 Å². The van der Waals surface area contributed by atoms with Gasteiger partial charge in [-0.2, -0.15) is 0 Å². The van der Waals surface area contributed by atoms with Crippen LogP contribution in [0.25, 0.3) is 0 Å². The smallest absolute Gasteiger partial charge is 0.410 e. The van der Waals surface area contributed by atoms with Gasteiger partial charge in [0.1, 0.15) is 5.75 Å². The van der Waals surface area contributed by atoms with Crippen LogP contribution in [0.5, 0.6) is 5.75 Å². The minimum atomic E-state index is -0.549. The second-order valence-electron chi connectivity index (χ2n) is 6.17. The molecule has 2 aromatic carbocycles. The van der Waals surface area contributed by atoms with E-state index in [-0.39, 0.29) is 23.2 Å². The molecule has 0 radical (unpaired) electrons. The molecule has 1 heterocycles. The molecule has 9 nitrogen and oxygen atoms in total. The molecular weight excluding hydrogens is 354 g/mol. The maximum atomic E-state index is 12.6. The molecule has 1 fully saturated rings. The van der Waals surface area contributed by atoms with Crippen LogP contribution in [0.15, 0.2) is 48.5 Å². The minimum absolute atomic E-state index is 0.00503. The number of non-ortho nitro benzene ring substituents is 2. The largest absolute Gasteiger partial charge is 0.415 e. The predicted octanol–water partition coefficient (Wildman–Crippen LogP) is 4.23. The van der Waals surface area contributed by atoms with E-state index >= 15 is 0 Å². The van der Waals surface area contributed by atoms with E-state index in [0.717, 1.165) is 24.8 Å². The average Bonchev–Trinajstić information content (AvgIpc) is 2.68. The molecule has 0 saturated carbocycles. The number of amides is 1. The first-order valence-electron chi connectivity index (χ1n) is 8.43. The second kappa shape index (κ2) is 7.81. The molecule has 0 bridgehead atoms. The molecule has 1 unspecified atom stereocenters. The van der Waals surface area contributed by atoms with Gasteiger partial charge in [-0.15, -0.1) is 0 Å². The lowest BCUT2D eigenvalue weighted by Crippen LogP contribution is -2.40. The zero-order valence-electron chi connectivity index (χ0n) is 14.3. The van der Waals surface area contributed by atoms with Crippen molar-refractivity contribution in [1.82, 2.24) is 4.90 Å². The van der Waals surface area contributed by atoms with E-state index in [1.165, 1.54) is 36.4 Å². The van der Waals surface area contributed by atoms with E-state index in [2.05, 4.69) is 0 Å². The number of hydrogen-bond acceptors (Lipinski definition) is 6. The zero-order valence-corrected chi connectivity index (χ0v) is 14.3. The molecule has 3 rings (SSSR count). The molecule has 0 aliphatic carbocycles. The first-order chi connectivity index (χ1) is 13.0. The van der Waals surface area contributed by atoms with Crippen molar-refractivity contribution < 1.29 is 19.4 Å². The SMILES string of the molecule is O=C(Oc1ccc([N+](=O)[O-])cc1)N1CCCCC1c1ccc([N+](=O)[O-])cc1. The lowest BCUT2D eigenvalue weighted by atomic mass is 9.95. The Morgan fingerprint density at radius 3 is 2.04 bits per heavy atom. The topological polar surface area (TPSA) is 116 Å². The first kappa shape index (κ1) is 18.3. The van der Waals surface area contributed by atoms with Crippen LogP contribution in [0.4, 0.5) is 16.2 Å². The van der Waals surface area contributed by atoms with E-state index in [1.807, 2.05) is 0 Å². The number of carbonyl (C=O) groups excluding carboxylic acids is 1. The van der Waals surface area contributed by atoms with Crippen LogP contribution in [-0.4, -0.2) is 27.4 Å². The highest BCUT2D eigenvalue weighted by Crippen LogP contribution is 2.32. The molecule has 2 aromatic rings. The predicted molar refractivity (Wildman–Crippen MR) is 95.5 cm³/mol. The van der Waals surface area contributed by atoms with E-state index < -0.39 is 15.9 Å². The number of nitrogens with zero attached hydrogens (tertiary/aromatic N) is 3. The number of hydrogen-bond donors (Lipinski definition) is 0. The maximum Gasteiger partial charge on any atom is 0.415 e. The van der Waals surface area contributed by atoms with Gasteiger partial charge in [0, 0.05) is 30.8 Å². The molecule has 1 aliphatic rings. The molecule has 0 N–H and O–H groups in total. The van der Waals surface area contributed by atoms with Gasteiger partial charge in [0.05, 0.1) is 15.9 Å². The standard InChI is InChI=1S/C18H17N3O6/c22-18(27-16-10-8-15(9-11-16)21(25)26)19-12-2-1-3-17(19)13-4-6-14(7-5-13)20(23)24/h4-11,17H,1-3,12H2. The third kappa shape index (κ3) is 4.20. The van der Waals surface area contributed by atoms with Gasteiger partial charge < -0.3 is 9.64 Å². The second-order valence-corrected chi connectivity index (χ2v) is 6.17. The highest BCUT2D eigenvalue weighted by Gasteiger charge is 2.29. The first-order valence-corrected chi connectivity index (χ1v) is 8.43. The van der Waals surface area contributed by atoms with Gasteiger partial charge in [0.2, 0.25) is 0 Å². The third-order valence-electron chi connectivity index (χ3n) is 4.48. The summed E-state index contributed by atoms with van der Waals surface area (Å²) >= 11 is 0. The molecule has 0 aromatic heterocycles. The molecule has 1 atom stereocenters. The number of ether oxygens (including phenoxy) is 1. The number of carbonyl (C=O) groups is 1. The van der Waals surface area contributed by atoms with Crippen LogP contribution in [-0.2, 0) is 0 Å². The molecule has 1 aliphatic heterocycles. The Morgan fingerprint density at radius 2 is 1.48 bits per heavy atom. The average molecular weight is 371 g/mol. The summed E-state index contributed by atoms with van der Waals surface area (Å²) in [4.78, 5) is 34.7. The van der Waals surface area contributed by atoms with Crippen molar-refractivity contribution in [1.29, 1.82) is 0 Å². The van der Waals surface area contributed by atoms with Crippen molar-refractivity contribution in [2.24, 2.45) is 0 Å². The van der Waals surface area contributed by atoms with Crippen molar-refractivity contribution in [3.8, 4) is 5.75 Å². The summed E-state index contributed by atoms with van der Waals surface area (Å²) in [5.41, 5.74) is 0.715. The van der Waals surface area contributed by atoms with Crippen LogP contribution in [0.2, 0.25) is 0 Å². The van der Waals surface area contributed by atoms with Gasteiger partial charge in [-0.1, -0.05) is 12.1 Å². The fraction of sp³-hybridized carbons (Fsp3) is 0.278. The summed E-state index contributed by atoms with van der Waals surface area (Å²) in [6.07, 6.45) is 1.95. The highest BCUT2D eigenvalue weighted by atomic mass is 16.6. The molecule has 1 saturated heterocycles. The summed E-state index contributed by atoms with van der Waals surface area (Å²) in [6.45, 7) is 0.507. The van der Waals surface area contributed by atoms with Gasteiger partial charge in [0.15, 0.2) is 0 Å².